The van der Waals surface area contributed by atoms with Crippen molar-refractivity contribution in [2.75, 3.05) is 0 Å². The van der Waals surface area contributed by atoms with E-state index in [-0.39, 0.29) is 34.5 Å². The summed E-state index contributed by atoms with van der Waals surface area (Å²) in [5.74, 6) is 0.638. The number of carbonyl (C=O) groups excluding carboxylic acids is 2. The standard InChI is InChI=1S/C23H30O5/c1-12(2)8-15-18-9-14(13(3)4)6-7-23(18,5)28-22-17(11-25)20(26)16(10-24)21(27)19(15)22/h6-7,10-15,18,26-27H,8-9H2,1-5H3/t14-,15-,18?,23-/m1/s1. The molecule has 0 amide bonds. The summed E-state index contributed by atoms with van der Waals surface area (Å²) in [6.07, 6.45) is 6.83. The number of rotatable bonds is 5. The number of phenolic OH excluding ortho intramolecular Hbond substituents is 2. The van der Waals surface area contributed by atoms with Crippen molar-refractivity contribution in [1.29, 1.82) is 0 Å². The lowest BCUT2D eigenvalue weighted by atomic mass is 9.63. The third kappa shape index (κ3) is 3.11. The van der Waals surface area contributed by atoms with Gasteiger partial charge in [0.05, 0.1) is 11.1 Å². The predicted octanol–water partition coefficient (Wildman–Crippen LogP) is 4.85. The van der Waals surface area contributed by atoms with E-state index in [1.54, 1.807) is 0 Å². The van der Waals surface area contributed by atoms with Crippen LogP contribution in [-0.4, -0.2) is 28.4 Å². The minimum Gasteiger partial charge on any atom is -0.507 e. The molecule has 0 spiro atoms. The van der Waals surface area contributed by atoms with E-state index in [9.17, 15) is 19.8 Å². The molecule has 1 aliphatic heterocycles. The Labute approximate surface area is 166 Å². The van der Waals surface area contributed by atoms with Gasteiger partial charge >= 0.3 is 0 Å². The van der Waals surface area contributed by atoms with Gasteiger partial charge in [0.25, 0.3) is 0 Å². The van der Waals surface area contributed by atoms with E-state index in [4.69, 9.17) is 4.74 Å². The van der Waals surface area contributed by atoms with Crippen molar-refractivity contribution in [2.24, 2.45) is 23.7 Å². The van der Waals surface area contributed by atoms with Gasteiger partial charge in [-0.1, -0.05) is 33.8 Å². The predicted molar refractivity (Wildman–Crippen MR) is 107 cm³/mol. The molecule has 0 saturated carbocycles. The fraction of sp³-hybridized carbons (Fsp3) is 0.565. The Morgan fingerprint density at radius 1 is 1.14 bits per heavy atom. The van der Waals surface area contributed by atoms with Gasteiger partial charge in [0, 0.05) is 11.5 Å². The van der Waals surface area contributed by atoms with Crippen LogP contribution in [0.25, 0.3) is 0 Å². The number of hydrogen-bond acceptors (Lipinski definition) is 5. The highest BCUT2D eigenvalue weighted by atomic mass is 16.5. The van der Waals surface area contributed by atoms with Crippen LogP contribution < -0.4 is 4.74 Å². The molecule has 0 bridgehead atoms. The SMILES string of the molecule is CC(C)C[C@H]1c2c(O)c(C=O)c(O)c(C=O)c2O[C@]2(C)C=C[C@@H](C(C)C)CC12. The summed E-state index contributed by atoms with van der Waals surface area (Å²) in [5, 5.41) is 21.2. The van der Waals surface area contributed by atoms with E-state index in [0.717, 1.165) is 12.8 Å². The third-order valence-electron chi connectivity index (χ3n) is 6.44. The Hall–Kier alpha value is -2.30. The van der Waals surface area contributed by atoms with Crippen LogP contribution >= 0.6 is 0 Å². The lowest BCUT2D eigenvalue weighted by Crippen LogP contribution is -2.49. The molecule has 152 valence electrons. The van der Waals surface area contributed by atoms with Crippen LogP contribution in [0.3, 0.4) is 0 Å². The summed E-state index contributed by atoms with van der Waals surface area (Å²) < 4.78 is 6.29. The molecule has 28 heavy (non-hydrogen) atoms. The molecule has 1 unspecified atom stereocenters. The van der Waals surface area contributed by atoms with Crippen LogP contribution in [0, 0.1) is 23.7 Å². The summed E-state index contributed by atoms with van der Waals surface area (Å²) in [4.78, 5) is 23.3. The number of phenols is 2. The van der Waals surface area contributed by atoms with E-state index in [1.165, 1.54) is 0 Å². The van der Waals surface area contributed by atoms with Crippen molar-refractivity contribution in [3.05, 3.63) is 28.8 Å². The first-order valence-corrected chi connectivity index (χ1v) is 10.0. The van der Waals surface area contributed by atoms with Gasteiger partial charge in [0.1, 0.15) is 22.8 Å². The van der Waals surface area contributed by atoms with Gasteiger partial charge in [0.15, 0.2) is 12.6 Å². The average Bonchev–Trinajstić information content (AvgIpc) is 2.60. The summed E-state index contributed by atoms with van der Waals surface area (Å²) in [7, 11) is 0. The van der Waals surface area contributed by atoms with Crippen molar-refractivity contribution in [3.63, 3.8) is 0 Å². The molecule has 5 nitrogen and oxygen atoms in total. The maximum absolute atomic E-state index is 11.8. The largest absolute Gasteiger partial charge is 0.507 e. The zero-order chi connectivity index (χ0) is 20.8. The zero-order valence-electron chi connectivity index (χ0n) is 17.2. The van der Waals surface area contributed by atoms with E-state index in [1.807, 2.05) is 6.92 Å². The molecular weight excluding hydrogens is 356 g/mol. The normalized spacial score (nSPS) is 28.6. The van der Waals surface area contributed by atoms with E-state index < -0.39 is 11.4 Å². The van der Waals surface area contributed by atoms with Crippen LogP contribution in [0.15, 0.2) is 12.2 Å². The highest BCUT2D eigenvalue weighted by Crippen LogP contribution is 2.58. The molecular formula is C23H30O5. The first-order valence-electron chi connectivity index (χ1n) is 10.0. The van der Waals surface area contributed by atoms with Gasteiger partial charge in [0.2, 0.25) is 0 Å². The van der Waals surface area contributed by atoms with Gasteiger partial charge in [-0.2, -0.15) is 0 Å². The molecule has 0 saturated heterocycles. The van der Waals surface area contributed by atoms with E-state index >= 15 is 0 Å². The van der Waals surface area contributed by atoms with E-state index in [0.29, 0.717) is 35.9 Å². The Balaban J connectivity index is 2.28. The summed E-state index contributed by atoms with van der Waals surface area (Å²) in [5.41, 5.74) is -0.468. The minimum atomic E-state index is -0.642. The van der Waals surface area contributed by atoms with E-state index in [2.05, 4.69) is 39.8 Å². The second kappa shape index (κ2) is 7.26. The number of aldehydes is 2. The Morgan fingerprint density at radius 2 is 1.79 bits per heavy atom. The number of fused-ring (bicyclic) bond motifs is 2. The molecule has 2 aliphatic rings. The highest BCUT2D eigenvalue weighted by molar-refractivity contribution is 5.95. The van der Waals surface area contributed by atoms with Gasteiger partial charge in [-0.3, -0.25) is 9.59 Å². The number of carbonyl (C=O) groups is 2. The fourth-order valence-corrected chi connectivity index (χ4v) is 4.86. The number of benzene rings is 1. The number of ether oxygens (including phenoxy) is 1. The van der Waals surface area contributed by atoms with Crippen molar-refractivity contribution in [1.82, 2.24) is 0 Å². The summed E-state index contributed by atoms with van der Waals surface area (Å²) in [6.45, 7) is 10.6. The second-order valence-corrected chi connectivity index (χ2v) is 9.13. The van der Waals surface area contributed by atoms with Crippen molar-refractivity contribution in [3.8, 4) is 17.2 Å². The first-order chi connectivity index (χ1) is 13.1. The Morgan fingerprint density at radius 3 is 2.32 bits per heavy atom. The Kier molecular flexibility index (Phi) is 5.30. The zero-order valence-corrected chi connectivity index (χ0v) is 17.2. The quantitative estimate of drug-likeness (QED) is 0.558. The summed E-state index contributed by atoms with van der Waals surface area (Å²) in [6, 6.07) is 0. The van der Waals surface area contributed by atoms with Crippen LogP contribution in [0.1, 0.15) is 79.7 Å². The van der Waals surface area contributed by atoms with Crippen molar-refractivity contribution < 1.29 is 24.5 Å². The van der Waals surface area contributed by atoms with Gasteiger partial charge in [-0.15, -0.1) is 0 Å². The minimum absolute atomic E-state index is 0.0669. The van der Waals surface area contributed by atoms with Gasteiger partial charge in [-0.05, 0) is 49.5 Å². The van der Waals surface area contributed by atoms with Crippen LogP contribution in [0.2, 0.25) is 0 Å². The Bertz CT molecular complexity index is 823. The lowest BCUT2D eigenvalue weighted by molar-refractivity contribution is 0.00795. The molecule has 0 radical (unpaired) electrons. The van der Waals surface area contributed by atoms with Crippen molar-refractivity contribution in [2.45, 2.75) is 59.0 Å². The molecule has 1 heterocycles. The molecule has 3 rings (SSSR count). The molecule has 2 N–H and O–H groups in total. The molecule has 0 fully saturated rings. The van der Waals surface area contributed by atoms with Crippen LogP contribution in [0.4, 0.5) is 0 Å². The van der Waals surface area contributed by atoms with Gasteiger partial charge in [-0.25, -0.2) is 0 Å². The number of hydrogen-bond donors (Lipinski definition) is 2. The van der Waals surface area contributed by atoms with Crippen LogP contribution in [0.5, 0.6) is 17.2 Å². The molecule has 1 aliphatic carbocycles. The smallest absolute Gasteiger partial charge is 0.157 e. The monoisotopic (exact) mass is 386 g/mol. The maximum atomic E-state index is 11.8. The second-order valence-electron chi connectivity index (χ2n) is 9.13. The number of allylic oxidation sites excluding steroid dienone is 1. The lowest BCUT2D eigenvalue weighted by Gasteiger charge is -2.50. The highest BCUT2D eigenvalue weighted by Gasteiger charge is 2.50. The first kappa shape index (κ1) is 20.4. The molecule has 5 heteroatoms. The van der Waals surface area contributed by atoms with Gasteiger partial charge < -0.3 is 14.9 Å². The van der Waals surface area contributed by atoms with Crippen LogP contribution in [-0.2, 0) is 0 Å². The summed E-state index contributed by atoms with van der Waals surface area (Å²) >= 11 is 0. The molecule has 1 aromatic rings. The fourth-order valence-electron chi connectivity index (χ4n) is 4.86. The maximum Gasteiger partial charge on any atom is 0.157 e. The third-order valence-corrected chi connectivity index (χ3v) is 6.44. The molecule has 4 atom stereocenters. The van der Waals surface area contributed by atoms with Crippen molar-refractivity contribution >= 4 is 12.6 Å². The topological polar surface area (TPSA) is 83.8 Å². The number of aromatic hydroxyl groups is 2. The molecule has 0 aromatic heterocycles. The molecule has 1 aromatic carbocycles. The average molecular weight is 386 g/mol.